The van der Waals surface area contributed by atoms with E-state index in [-0.39, 0.29) is 11.9 Å². The van der Waals surface area contributed by atoms with Crippen LogP contribution in [0.3, 0.4) is 0 Å². The number of hydrogen-bond acceptors (Lipinski definition) is 4. The third-order valence-corrected chi connectivity index (χ3v) is 2.42. The standard InChI is InChI=1S/C11H24N2O3/c1-9(14)8-13(3)10(2)11(15)12-6-5-7-16-4/h9-10,14H,5-8H2,1-4H3,(H,12,15). The van der Waals surface area contributed by atoms with Crippen molar-refractivity contribution in [1.82, 2.24) is 10.2 Å². The van der Waals surface area contributed by atoms with E-state index in [0.29, 0.717) is 19.7 Å². The Labute approximate surface area is 97.8 Å². The smallest absolute Gasteiger partial charge is 0.237 e. The molecule has 0 heterocycles. The number of ether oxygens (including phenoxy) is 1. The van der Waals surface area contributed by atoms with Gasteiger partial charge >= 0.3 is 0 Å². The Kier molecular flexibility index (Phi) is 8.15. The highest BCUT2D eigenvalue weighted by atomic mass is 16.5. The lowest BCUT2D eigenvalue weighted by atomic mass is 10.2. The molecule has 0 saturated carbocycles. The average Bonchev–Trinajstić information content (AvgIpc) is 2.22. The zero-order valence-electron chi connectivity index (χ0n) is 10.7. The quantitative estimate of drug-likeness (QED) is 0.571. The fourth-order valence-electron chi connectivity index (χ4n) is 1.35. The molecule has 0 aliphatic carbocycles. The number of nitrogens with zero attached hydrogens (tertiary/aromatic N) is 1. The summed E-state index contributed by atoms with van der Waals surface area (Å²) < 4.78 is 4.89. The van der Waals surface area contributed by atoms with Crippen molar-refractivity contribution in [3.8, 4) is 0 Å². The van der Waals surface area contributed by atoms with Crippen LogP contribution in [-0.4, -0.2) is 61.9 Å². The van der Waals surface area contributed by atoms with Gasteiger partial charge in [0, 0.05) is 26.8 Å². The van der Waals surface area contributed by atoms with Gasteiger partial charge in [-0.05, 0) is 27.3 Å². The summed E-state index contributed by atoms with van der Waals surface area (Å²) in [4.78, 5) is 13.5. The van der Waals surface area contributed by atoms with Crippen LogP contribution >= 0.6 is 0 Å². The van der Waals surface area contributed by atoms with Crippen molar-refractivity contribution in [2.45, 2.75) is 32.4 Å². The van der Waals surface area contributed by atoms with E-state index in [4.69, 9.17) is 4.74 Å². The third kappa shape index (κ3) is 6.76. The van der Waals surface area contributed by atoms with Gasteiger partial charge in [0.25, 0.3) is 0 Å². The van der Waals surface area contributed by atoms with Crippen molar-refractivity contribution in [1.29, 1.82) is 0 Å². The molecule has 16 heavy (non-hydrogen) atoms. The first-order valence-electron chi connectivity index (χ1n) is 5.64. The maximum absolute atomic E-state index is 11.7. The number of carbonyl (C=O) groups is 1. The van der Waals surface area contributed by atoms with Crippen molar-refractivity contribution in [3.63, 3.8) is 0 Å². The molecule has 5 heteroatoms. The lowest BCUT2D eigenvalue weighted by molar-refractivity contribution is -0.125. The van der Waals surface area contributed by atoms with Gasteiger partial charge in [-0.25, -0.2) is 0 Å². The van der Waals surface area contributed by atoms with Crippen molar-refractivity contribution in [2.24, 2.45) is 0 Å². The summed E-state index contributed by atoms with van der Waals surface area (Å²) >= 11 is 0. The van der Waals surface area contributed by atoms with Crippen LogP contribution < -0.4 is 5.32 Å². The number of aliphatic hydroxyl groups is 1. The molecule has 5 nitrogen and oxygen atoms in total. The lowest BCUT2D eigenvalue weighted by Gasteiger charge is -2.24. The van der Waals surface area contributed by atoms with E-state index in [1.807, 2.05) is 18.9 Å². The molecule has 2 N–H and O–H groups in total. The van der Waals surface area contributed by atoms with Crippen LogP contribution in [0.25, 0.3) is 0 Å². The molecule has 0 aromatic carbocycles. The molecule has 0 fully saturated rings. The van der Waals surface area contributed by atoms with Gasteiger partial charge in [-0.2, -0.15) is 0 Å². The molecular weight excluding hydrogens is 208 g/mol. The van der Waals surface area contributed by atoms with Crippen LogP contribution in [0.15, 0.2) is 0 Å². The Morgan fingerprint density at radius 2 is 2.12 bits per heavy atom. The van der Waals surface area contributed by atoms with Crippen molar-refractivity contribution < 1.29 is 14.6 Å². The molecule has 2 unspecified atom stereocenters. The number of methoxy groups -OCH3 is 1. The van der Waals surface area contributed by atoms with Crippen LogP contribution in [0.1, 0.15) is 20.3 Å². The highest BCUT2D eigenvalue weighted by molar-refractivity contribution is 5.81. The number of nitrogens with one attached hydrogen (secondary N) is 1. The second kappa shape index (κ2) is 8.50. The summed E-state index contributed by atoms with van der Waals surface area (Å²) in [6.07, 6.45) is 0.392. The highest BCUT2D eigenvalue weighted by Crippen LogP contribution is 1.97. The Hall–Kier alpha value is -0.650. The fourth-order valence-corrected chi connectivity index (χ4v) is 1.35. The van der Waals surface area contributed by atoms with Gasteiger partial charge in [0.15, 0.2) is 0 Å². The van der Waals surface area contributed by atoms with E-state index in [0.717, 1.165) is 6.42 Å². The molecule has 96 valence electrons. The van der Waals surface area contributed by atoms with Crippen molar-refractivity contribution in [2.75, 3.05) is 33.9 Å². The molecule has 0 aliphatic heterocycles. The van der Waals surface area contributed by atoms with Crippen LogP contribution in [-0.2, 0) is 9.53 Å². The topological polar surface area (TPSA) is 61.8 Å². The molecule has 0 aromatic heterocycles. The highest BCUT2D eigenvalue weighted by Gasteiger charge is 2.18. The zero-order valence-corrected chi connectivity index (χ0v) is 10.7. The number of likely N-dealkylation sites (N-methyl/N-ethyl adjacent to an activating group) is 1. The number of carbonyl (C=O) groups excluding carboxylic acids is 1. The average molecular weight is 232 g/mol. The number of hydrogen-bond donors (Lipinski definition) is 2. The molecule has 0 aliphatic rings. The van der Waals surface area contributed by atoms with E-state index in [9.17, 15) is 9.90 Å². The summed E-state index contributed by atoms with van der Waals surface area (Å²) in [5, 5.41) is 12.0. The minimum atomic E-state index is -0.422. The summed E-state index contributed by atoms with van der Waals surface area (Å²) in [5.74, 6) is -0.0146. The SMILES string of the molecule is COCCCNC(=O)C(C)N(C)CC(C)O. The maximum Gasteiger partial charge on any atom is 0.237 e. The van der Waals surface area contributed by atoms with Gasteiger partial charge < -0.3 is 15.2 Å². The van der Waals surface area contributed by atoms with Gasteiger partial charge in [-0.3, -0.25) is 9.69 Å². The number of aliphatic hydroxyl groups excluding tert-OH is 1. The van der Waals surface area contributed by atoms with E-state index < -0.39 is 6.10 Å². The van der Waals surface area contributed by atoms with Gasteiger partial charge in [-0.15, -0.1) is 0 Å². The van der Waals surface area contributed by atoms with Crippen LogP contribution in [0.4, 0.5) is 0 Å². The second-order valence-electron chi connectivity index (χ2n) is 4.10. The first kappa shape index (κ1) is 15.3. The summed E-state index contributed by atoms with van der Waals surface area (Å²) in [7, 11) is 3.47. The molecule has 1 amide bonds. The van der Waals surface area contributed by atoms with Crippen LogP contribution in [0.2, 0.25) is 0 Å². The van der Waals surface area contributed by atoms with E-state index in [1.54, 1.807) is 14.0 Å². The normalized spacial score (nSPS) is 14.9. The van der Waals surface area contributed by atoms with Gasteiger partial charge in [-0.1, -0.05) is 0 Å². The summed E-state index contributed by atoms with van der Waals surface area (Å²) in [6, 6.07) is -0.225. The number of rotatable bonds is 8. The molecule has 0 spiro atoms. The summed E-state index contributed by atoms with van der Waals surface area (Å²) in [5.41, 5.74) is 0. The predicted molar refractivity (Wildman–Crippen MR) is 63.3 cm³/mol. The maximum atomic E-state index is 11.7. The molecule has 0 bridgehead atoms. The lowest BCUT2D eigenvalue weighted by Crippen LogP contribution is -2.45. The zero-order chi connectivity index (χ0) is 12.6. The molecule has 0 saturated heterocycles. The van der Waals surface area contributed by atoms with E-state index in [2.05, 4.69) is 5.32 Å². The van der Waals surface area contributed by atoms with Gasteiger partial charge in [0.2, 0.25) is 5.91 Å². The summed E-state index contributed by atoms with van der Waals surface area (Å²) in [6.45, 7) is 5.30. The first-order valence-corrected chi connectivity index (χ1v) is 5.64. The van der Waals surface area contributed by atoms with E-state index in [1.165, 1.54) is 0 Å². The largest absolute Gasteiger partial charge is 0.392 e. The number of amides is 1. The van der Waals surface area contributed by atoms with Crippen LogP contribution in [0, 0.1) is 0 Å². The Morgan fingerprint density at radius 3 is 2.62 bits per heavy atom. The van der Waals surface area contributed by atoms with Crippen LogP contribution in [0.5, 0.6) is 0 Å². The molecule has 0 rings (SSSR count). The molecule has 0 aromatic rings. The Balaban J connectivity index is 3.79. The monoisotopic (exact) mass is 232 g/mol. The third-order valence-electron chi connectivity index (χ3n) is 2.42. The fraction of sp³-hybridized carbons (Fsp3) is 0.909. The minimum absolute atomic E-state index is 0.0146. The van der Waals surface area contributed by atoms with Gasteiger partial charge in [0.05, 0.1) is 12.1 Å². The Bertz CT molecular complexity index is 198. The van der Waals surface area contributed by atoms with Crippen molar-refractivity contribution >= 4 is 5.91 Å². The van der Waals surface area contributed by atoms with Gasteiger partial charge in [0.1, 0.15) is 0 Å². The van der Waals surface area contributed by atoms with E-state index >= 15 is 0 Å². The molecule has 2 atom stereocenters. The second-order valence-corrected chi connectivity index (χ2v) is 4.10. The molecular formula is C11H24N2O3. The molecule has 0 radical (unpaired) electrons. The van der Waals surface area contributed by atoms with Crippen molar-refractivity contribution in [3.05, 3.63) is 0 Å². The Morgan fingerprint density at radius 1 is 1.50 bits per heavy atom. The minimum Gasteiger partial charge on any atom is -0.392 e. The predicted octanol–water partition coefficient (Wildman–Crippen LogP) is -0.160. The first-order chi connectivity index (χ1) is 7.49.